The van der Waals surface area contributed by atoms with Crippen LogP contribution in [0.4, 0.5) is 0 Å². The first kappa shape index (κ1) is 10.1. The number of rotatable bonds is 1. The zero-order valence-electron chi connectivity index (χ0n) is 8.13. The smallest absolute Gasteiger partial charge is 0.149 e. The largest absolute Gasteiger partial charge is 0.298 e. The van der Waals surface area contributed by atoms with Gasteiger partial charge in [-0.1, -0.05) is 20.8 Å². The summed E-state index contributed by atoms with van der Waals surface area (Å²) in [5.74, 6) is 1.27. The molecule has 70 valence electrons. The Morgan fingerprint density at radius 1 is 1.58 bits per heavy atom. The molecular formula is C10H18OS. The van der Waals surface area contributed by atoms with E-state index in [1.807, 2.05) is 0 Å². The molecule has 1 rings (SSSR count). The molecule has 0 spiro atoms. The van der Waals surface area contributed by atoms with Crippen LogP contribution >= 0.6 is 12.6 Å². The van der Waals surface area contributed by atoms with Crippen molar-refractivity contribution in [1.29, 1.82) is 0 Å². The van der Waals surface area contributed by atoms with E-state index in [1.165, 1.54) is 0 Å². The maximum Gasteiger partial charge on any atom is 0.149 e. The first-order valence-electron chi connectivity index (χ1n) is 4.72. The average molecular weight is 186 g/mol. The normalized spacial score (nSPS) is 37.4. The Labute approximate surface area is 80.3 Å². The maximum absolute atomic E-state index is 11.7. The molecule has 0 radical (unpaired) electrons. The van der Waals surface area contributed by atoms with Crippen LogP contribution < -0.4 is 0 Å². The van der Waals surface area contributed by atoms with Crippen molar-refractivity contribution in [3.63, 3.8) is 0 Å². The number of carbonyl (C=O) groups is 1. The number of hydrogen-bond donors (Lipinski definition) is 1. The first-order chi connectivity index (χ1) is 5.47. The summed E-state index contributed by atoms with van der Waals surface area (Å²) in [5.41, 5.74) is 0. The van der Waals surface area contributed by atoms with Gasteiger partial charge in [0.05, 0.1) is 4.75 Å². The van der Waals surface area contributed by atoms with Crippen molar-refractivity contribution in [2.75, 3.05) is 0 Å². The molecule has 12 heavy (non-hydrogen) atoms. The molecule has 0 heterocycles. The molecule has 0 saturated heterocycles. The molecule has 1 saturated carbocycles. The summed E-state index contributed by atoms with van der Waals surface area (Å²) in [6.07, 6.45) is 2.82. The van der Waals surface area contributed by atoms with E-state index in [0.717, 1.165) is 19.3 Å². The minimum absolute atomic E-state index is 0.327. The van der Waals surface area contributed by atoms with Gasteiger partial charge in [0.2, 0.25) is 0 Å². The lowest BCUT2D eigenvalue weighted by molar-refractivity contribution is -0.125. The summed E-state index contributed by atoms with van der Waals surface area (Å²) in [6, 6.07) is 0. The Balaban J connectivity index is 2.73. The van der Waals surface area contributed by atoms with Crippen LogP contribution in [0.15, 0.2) is 0 Å². The van der Waals surface area contributed by atoms with Gasteiger partial charge in [-0.25, -0.2) is 0 Å². The van der Waals surface area contributed by atoms with Gasteiger partial charge in [-0.2, -0.15) is 12.6 Å². The van der Waals surface area contributed by atoms with Crippen molar-refractivity contribution in [2.45, 2.75) is 44.8 Å². The summed E-state index contributed by atoms with van der Waals surface area (Å²) in [6.45, 7) is 6.31. The predicted molar refractivity (Wildman–Crippen MR) is 54.6 cm³/mol. The lowest BCUT2D eigenvalue weighted by Gasteiger charge is -2.37. The minimum atomic E-state index is -0.327. The lowest BCUT2D eigenvalue weighted by atomic mass is 9.76. The van der Waals surface area contributed by atoms with E-state index in [1.54, 1.807) is 0 Å². The summed E-state index contributed by atoms with van der Waals surface area (Å²) in [5, 5.41) is 0. The van der Waals surface area contributed by atoms with E-state index in [2.05, 4.69) is 33.4 Å². The van der Waals surface area contributed by atoms with Gasteiger partial charge in [0.25, 0.3) is 0 Å². The highest BCUT2D eigenvalue weighted by Gasteiger charge is 2.40. The molecule has 0 aliphatic heterocycles. The molecule has 1 unspecified atom stereocenters. The maximum atomic E-state index is 11.7. The Bertz CT molecular complexity index is 188. The van der Waals surface area contributed by atoms with Crippen LogP contribution in [-0.2, 0) is 4.79 Å². The van der Waals surface area contributed by atoms with E-state index in [4.69, 9.17) is 0 Å². The molecule has 2 atom stereocenters. The highest BCUT2D eigenvalue weighted by atomic mass is 32.1. The van der Waals surface area contributed by atoms with E-state index in [0.29, 0.717) is 17.6 Å². The monoisotopic (exact) mass is 186 g/mol. The quantitative estimate of drug-likeness (QED) is 0.623. The Morgan fingerprint density at radius 2 is 2.17 bits per heavy atom. The summed E-state index contributed by atoms with van der Waals surface area (Å²) >= 11 is 4.53. The van der Waals surface area contributed by atoms with E-state index in [9.17, 15) is 4.79 Å². The molecule has 0 aromatic heterocycles. The van der Waals surface area contributed by atoms with Gasteiger partial charge in [-0.05, 0) is 24.7 Å². The topological polar surface area (TPSA) is 17.1 Å². The van der Waals surface area contributed by atoms with Crippen molar-refractivity contribution in [2.24, 2.45) is 11.8 Å². The standard InChI is InChI=1S/C10H18OS/c1-7(2)10(12)5-4-8(3)6-9(10)11/h7-8,12H,4-6H2,1-3H3/t8-,10?/m1/s1. The van der Waals surface area contributed by atoms with Crippen molar-refractivity contribution < 1.29 is 4.79 Å². The van der Waals surface area contributed by atoms with Gasteiger partial charge < -0.3 is 0 Å². The second-order valence-electron chi connectivity index (χ2n) is 4.35. The van der Waals surface area contributed by atoms with Gasteiger partial charge in [-0.3, -0.25) is 4.79 Å². The van der Waals surface area contributed by atoms with E-state index in [-0.39, 0.29) is 4.75 Å². The highest BCUT2D eigenvalue weighted by molar-refractivity contribution is 7.82. The fourth-order valence-corrected chi connectivity index (χ4v) is 2.03. The third-order valence-corrected chi connectivity index (χ3v) is 3.98. The minimum Gasteiger partial charge on any atom is -0.298 e. The van der Waals surface area contributed by atoms with Crippen molar-refractivity contribution in [3.8, 4) is 0 Å². The first-order valence-corrected chi connectivity index (χ1v) is 5.17. The fourth-order valence-electron chi connectivity index (χ4n) is 1.81. The number of ketones is 1. The van der Waals surface area contributed by atoms with Crippen LogP contribution in [0.3, 0.4) is 0 Å². The van der Waals surface area contributed by atoms with Gasteiger partial charge in [0.1, 0.15) is 5.78 Å². The molecule has 1 fully saturated rings. The van der Waals surface area contributed by atoms with Gasteiger partial charge in [0.15, 0.2) is 0 Å². The van der Waals surface area contributed by atoms with Crippen molar-refractivity contribution in [3.05, 3.63) is 0 Å². The van der Waals surface area contributed by atoms with Gasteiger partial charge in [-0.15, -0.1) is 0 Å². The molecular weight excluding hydrogens is 168 g/mol. The summed E-state index contributed by atoms with van der Waals surface area (Å²) in [4.78, 5) is 11.7. The molecule has 1 aliphatic carbocycles. The SMILES string of the molecule is CC(C)C1(S)CC[C@@H](C)CC1=O. The second kappa shape index (κ2) is 3.41. The van der Waals surface area contributed by atoms with E-state index < -0.39 is 0 Å². The van der Waals surface area contributed by atoms with Gasteiger partial charge in [0, 0.05) is 6.42 Å². The number of carbonyl (C=O) groups excluding carboxylic acids is 1. The van der Waals surface area contributed by atoms with Crippen LogP contribution in [0.25, 0.3) is 0 Å². The zero-order valence-corrected chi connectivity index (χ0v) is 9.03. The summed E-state index contributed by atoms with van der Waals surface area (Å²) < 4.78 is -0.327. The van der Waals surface area contributed by atoms with Crippen molar-refractivity contribution in [1.82, 2.24) is 0 Å². The van der Waals surface area contributed by atoms with Crippen LogP contribution in [0, 0.1) is 11.8 Å². The Kier molecular flexibility index (Phi) is 2.87. The number of Topliss-reactive ketones (excluding diaryl/α,β-unsaturated/α-hetero) is 1. The van der Waals surface area contributed by atoms with E-state index >= 15 is 0 Å². The molecule has 0 bridgehead atoms. The molecule has 1 aliphatic rings. The predicted octanol–water partition coefficient (Wildman–Crippen LogP) is 2.70. The molecule has 1 nitrogen and oxygen atoms in total. The molecule has 0 aromatic rings. The number of thiol groups is 1. The van der Waals surface area contributed by atoms with Crippen LogP contribution in [0.2, 0.25) is 0 Å². The second-order valence-corrected chi connectivity index (χ2v) is 5.15. The van der Waals surface area contributed by atoms with Crippen LogP contribution in [0.1, 0.15) is 40.0 Å². The molecule has 0 aromatic carbocycles. The third kappa shape index (κ3) is 1.68. The summed E-state index contributed by atoms with van der Waals surface area (Å²) in [7, 11) is 0. The fraction of sp³-hybridized carbons (Fsp3) is 0.900. The number of hydrogen-bond acceptors (Lipinski definition) is 2. The third-order valence-electron chi connectivity index (χ3n) is 2.99. The van der Waals surface area contributed by atoms with Crippen LogP contribution in [-0.4, -0.2) is 10.5 Å². The lowest BCUT2D eigenvalue weighted by Crippen LogP contribution is -2.42. The molecule has 0 amide bonds. The van der Waals surface area contributed by atoms with Crippen LogP contribution in [0.5, 0.6) is 0 Å². The van der Waals surface area contributed by atoms with Crippen molar-refractivity contribution >= 4 is 18.4 Å². The molecule has 0 N–H and O–H groups in total. The Morgan fingerprint density at radius 3 is 2.58 bits per heavy atom. The van der Waals surface area contributed by atoms with Gasteiger partial charge >= 0.3 is 0 Å². The average Bonchev–Trinajstić information content (AvgIpc) is 1.97. The zero-order chi connectivity index (χ0) is 9.35. The Hall–Kier alpha value is 0.0200. The molecule has 2 heteroatoms. The highest BCUT2D eigenvalue weighted by Crippen LogP contribution is 2.38.